The van der Waals surface area contributed by atoms with Gasteiger partial charge in [-0.25, -0.2) is 4.79 Å². The maximum Gasteiger partial charge on any atom is 0.350 e. The lowest BCUT2D eigenvalue weighted by molar-refractivity contribution is 0.0607. The highest BCUT2D eigenvalue weighted by Crippen LogP contribution is 2.49. The summed E-state index contributed by atoms with van der Waals surface area (Å²) in [6.45, 7) is 2.95. The Hall–Kier alpha value is -1.76. The number of amides is 1. The van der Waals surface area contributed by atoms with E-state index in [-0.39, 0.29) is 16.5 Å². The third-order valence-electron chi connectivity index (χ3n) is 4.10. The van der Waals surface area contributed by atoms with E-state index in [1.54, 1.807) is 0 Å². The minimum absolute atomic E-state index is 0.176. The molecule has 1 aliphatic rings. The Bertz CT molecular complexity index is 564. The molecule has 116 valence electrons. The summed E-state index contributed by atoms with van der Waals surface area (Å²) in [5.41, 5.74) is 6.78. The van der Waals surface area contributed by atoms with Crippen LogP contribution in [-0.4, -0.2) is 32.6 Å². The van der Waals surface area contributed by atoms with Crippen molar-refractivity contribution < 1.29 is 14.3 Å². The van der Waals surface area contributed by atoms with E-state index in [0.717, 1.165) is 13.0 Å². The van der Waals surface area contributed by atoms with Crippen LogP contribution in [0.3, 0.4) is 0 Å². The molecular formula is C14H21N3O3S. The van der Waals surface area contributed by atoms with Crippen molar-refractivity contribution in [1.29, 1.82) is 0 Å². The van der Waals surface area contributed by atoms with E-state index in [1.165, 1.54) is 38.3 Å². The SMILES string of the molecule is CCC1(CNc2sc(C(=O)OC)c(N)c2C(=O)NC)CC1. The van der Waals surface area contributed by atoms with Gasteiger partial charge in [-0.2, -0.15) is 0 Å². The summed E-state index contributed by atoms with van der Waals surface area (Å²) in [5, 5.41) is 6.48. The number of rotatable bonds is 6. The van der Waals surface area contributed by atoms with Crippen molar-refractivity contribution in [3.8, 4) is 0 Å². The zero-order valence-corrected chi connectivity index (χ0v) is 13.4. The van der Waals surface area contributed by atoms with Crippen molar-refractivity contribution in [1.82, 2.24) is 5.32 Å². The fraction of sp³-hybridized carbons (Fsp3) is 0.571. The summed E-state index contributed by atoms with van der Waals surface area (Å²) in [5.74, 6) is -0.824. The lowest BCUT2D eigenvalue weighted by atomic mass is 10.0. The normalized spacial score (nSPS) is 15.4. The molecule has 6 nitrogen and oxygen atoms in total. The second kappa shape index (κ2) is 5.93. The summed E-state index contributed by atoms with van der Waals surface area (Å²) < 4.78 is 4.71. The first-order valence-corrected chi connectivity index (χ1v) is 7.76. The molecule has 0 bridgehead atoms. The number of nitrogen functional groups attached to an aromatic ring is 1. The number of nitrogens with two attached hydrogens (primary N) is 1. The molecule has 1 amide bonds. The van der Waals surface area contributed by atoms with Gasteiger partial charge < -0.3 is 21.1 Å². The molecule has 0 radical (unpaired) electrons. The number of hydrogen-bond donors (Lipinski definition) is 3. The van der Waals surface area contributed by atoms with Crippen molar-refractivity contribution in [3.05, 3.63) is 10.4 Å². The van der Waals surface area contributed by atoms with Crippen LogP contribution in [0.5, 0.6) is 0 Å². The van der Waals surface area contributed by atoms with E-state index in [0.29, 0.717) is 16.0 Å². The number of hydrogen-bond acceptors (Lipinski definition) is 6. The van der Waals surface area contributed by atoms with Crippen molar-refractivity contribution in [2.45, 2.75) is 26.2 Å². The molecule has 1 heterocycles. The fourth-order valence-electron chi connectivity index (χ4n) is 2.26. The number of esters is 1. The summed E-state index contributed by atoms with van der Waals surface area (Å²) in [4.78, 5) is 24.0. The monoisotopic (exact) mass is 311 g/mol. The maximum absolute atomic E-state index is 12.0. The van der Waals surface area contributed by atoms with Crippen LogP contribution in [-0.2, 0) is 4.74 Å². The minimum atomic E-state index is -0.521. The summed E-state index contributed by atoms with van der Waals surface area (Å²) in [6.07, 6.45) is 3.48. The Balaban J connectivity index is 2.29. The Labute approximate surface area is 128 Å². The van der Waals surface area contributed by atoms with Gasteiger partial charge in [0.05, 0.1) is 18.4 Å². The number of nitrogens with one attached hydrogen (secondary N) is 2. The Morgan fingerprint density at radius 3 is 2.57 bits per heavy atom. The molecule has 1 fully saturated rings. The van der Waals surface area contributed by atoms with Gasteiger partial charge in [0, 0.05) is 13.6 Å². The van der Waals surface area contributed by atoms with Gasteiger partial charge in [0.2, 0.25) is 0 Å². The molecule has 0 saturated heterocycles. The van der Waals surface area contributed by atoms with Gasteiger partial charge in [-0.3, -0.25) is 4.79 Å². The molecule has 1 saturated carbocycles. The first-order chi connectivity index (χ1) is 9.98. The highest BCUT2D eigenvalue weighted by molar-refractivity contribution is 7.19. The molecule has 1 aromatic heterocycles. The molecule has 2 rings (SSSR count). The molecule has 0 atom stereocenters. The van der Waals surface area contributed by atoms with Crippen molar-refractivity contribution in [2.24, 2.45) is 5.41 Å². The number of ether oxygens (including phenoxy) is 1. The molecule has 1 aliphatic carbocycles. The second-order valence-corrected chi connectivity index (χ2v) is 6.35. The molecule has 1 aromatic rings. The highest BCUT2D eigenvalue weighted by Gasteiger charge is 2.40. The van der Waals surface area contributed by atoms with Gasteiger partial charge >= 0.3 is 5.97 Å². The summed E-state index contributed by atoms with van der Waals surface area (Å²) in [6, 6.07) is 0. The van der Waals surface area contributed by atoms with Crippen molar-refractivity contribution in [2.75, 3.05) is 31.8 Å². The first-order valence-electron chi connectivity index (χ1n) is 6.94. The number of methoxy groups -OCH3 is 1. The average molecular weight is 311 g/mol. The van der Waals surface area contributed by atoms with E-state index < -0.39 is 5.97 Å². The van der Waals surface area contributed by atoms with Crippen LogP contribution in [0.15, 0.2) is 0 Å². The molecule has 0 aliphatic heterocycles. The number of carbonyl (C=O) groups is 2. The van der Waals surface area contributed by atoms with Gasteiger partial charge in [-0.1, -0.05) is 6.92 Å². The largest absolute Gasteiger partial charge is 0.465 e. The van der Waals surface area contributed by atoms with E-state index in [9.17, 15) is 9.59 Å². The summed E-state index contributed by atoms with van der Waals surface area (Å²) in [7, 11) is 2.83. The van der Waals surface area contributed by atoms with Gasteiger partial charge in [-0.15, -0.1) is 11.3 Å². The van der Waals surface area contributed by atoms with Gasteiger partial charge in [0.15, 0.2) is 0 Å². The Kier molecular flexibility index (Phi) is 4.41. The number of carbonyl (C=O) groups excluding carboxylic acids is 2. The molecule has 7 heteroatoms. The third kappa shape index (κ3) is 2.97. The van der Waals surface area contributed by atoms with E-state index in [2.05, 4.69) is 17.6 Å². The van der Waals surface area contributed by atoms with Crippen LogP contribution in [0.1, 0.15) is 46.2 Å². The fourth-order valence-corrected chi connectivity index (χ4v) is 3.29. The number of thiophene rings is 1. The molecule has 0 spiro atoms. The molecule has 0 aromatic carbocycles. The van der Waals surface area contributed by atoms with Crippen LogP contribution < -0.4 is 16.4 Å². The van der Waals surface area contributed by atoms with Gasteiger partial charge in [-0.05, 0) is 24.7 Å². The van der Waals surface area contributed by atoms with Gasteiger partial charge in [0.25, 0.3) is 5.91 Å². The lowest BCUT2D eigenvalue weighted by Crippen LogP contribution is -2.21. The smallest absolute Gasteiger partial charge is 0.350 e. The van der Waals surface area contributed by atoms with Crippen LogP contribution in [0.2, 0.25) is 0 Å². The Morgan fingerprint density at radius 2 is 2.10 bits per heavy atom. The van der Waals surface area contributed by atoms with Crippen LogP contribution in [0.25, 0.3) is 0 Å². The van der Waals surface area contributed by atoms with E-state index >= 15 is 0 Å². The molecular weight excluding hydrogens is 290 g/mol. The topological polar surface area (TPSA) is 93.4 Å². The average Bonchev–Trinajstić information content (AvgIpc) is 3.21. The zero-order valence-electron chi connectivity index (χ0n) is 12.5. The zero-order chi connectivity index (χ0) is 15.6. The first kappa shape index (κ1) is 15.6. The van der Waals surface area contributed by atoms with E-state index in [4.69, 9.17) is 10.5 Å². The number of anilines is 2. The van der Waals surface area contributed by atoms with Gasteiger partial charge in [0.1, 0.15) is 9.88 Å². The standard InChI is InChI=1S/C14H21N3O3S/c1-4-14(5-6-14)7-17-12-8(11(18)16-2)9(15)10(21-12)13(19)20-3/h17H,4-7,15H2,1-3H3,(H,16,18). The Morgan fingerprint density at radius 1 is 1.43 bits per heavy atom. The lowest BCUT2D eigenvalue weighted by Gasteiger charge is -2.14. The predicted molar refractivity (Wildman–Crippen MR) is 83.9 cm³/mol. The van der Waals surface area contributed by atoms with E-state index in [1.807, 2.05) is 0 Å². The maximum atomic E-state index is 12.0. The third-order valence-corrected chi connectivity index (χ3v) is 5.24. The quantitative estimate of drug-likeness (QED) is 0.699. The summed E-state index contributed by atoms with van der Waals surface area (Å²) >= 11 is 1.17. The molecule has 0 unspecified atom stereocenters. The van der Waals surface area contributed by atoms with Crippen LogP contribution in [0.4, 0.5) is 10.7 Å². The minimum Gasteiger partial charge on any atom is -0.465 e. The highest BCUT2D eigenvalue weighted by atomic mass is 32.1. The second-order valence-electron chi connectivity index (χ2n) is 5.33. The van der Waals surface area contributed by atoms with Crippen molar-refractivity contribution >= 4 is 33.9 Å². The van der Waals surface area contributed by atoms with Crippen molar-refractivity contribution in [3.63, 3.8) is 0 Å². The predicted octanol–water partition coefficient (Wildman–Crippen LogP) is 2.08. The molecule has 4 N–H and O–H groups in total. The molecule has 21 heavy (non-hydrogen) atoms. The van der Waals surface area contributed by atoms with Crippen LogP contribution in [0, 0.1) is 5.41 Å². The van der Waals surface area contributed by atoms with Crippen LogP contribution >= 0.6 is 11.3 Å².